The minimum absolute atomic E-state index is 0.00987. The Morgan fingerprint density at radius 3 is 2.32 bits per heavy atom. The summed E-state index contributed by atoms with van der Waals surface area (Å²) in [7, 11) is 1.67. The summed E-state index contributed by atoms with van der Waals surface area (Å²) in [5.41, 5.74) is 2.10. The van der Waals surface area contributed by atoms with Gasteiger partial charge in [-0.1, -0.05) is 12.1 Å². The molecule has 2 saturated heterocycles. The lowest BCUT2D eigenvalue weighted by molar-refractivity contribution is -0.127. The van der Waals surface area contributed by atoms with Crippen LogP contribution in [0.5, 0.6) is 5.75 Å². The van der Waals surface area contributed by atoms with Gasteiger partial charge in [0.25, 0.3) is 0 Å². The first-order chi connectivity index (χ1) is 13.6. The number of hydrogen-bond donors (Lipinski definition) is 2. The van der Waals surface area contributed by atoms with Crippen molar-refractivity contribution in [3.63, 3.8) is 0 Å². The number of anilines is 1. The molecule has 0 aliphatic carbocycles. The molecule has 2 aromatic rings. The highest BCUT2D eigenvalue weighted by Crippen LogP contribution is 2.24. The lowest BCUT2D eigenvalue weighted by Crippen LogP contribution is -2.64. The van der Waals surface area contributed by atoms with Gasteiger partial charge in [-0.25, -0.2) is 4.39 Å². The fraction of sp³-hybridized carbons (Fsp3) is 0.381. The maximum absolute atomic E-state index is 13.2. The van der Waals surface area contributed by atoms with Crippen LogP contribution in [-0.2, 0) is 4.79 Å². The van der Waals surface area contributed by atoms with E-state index in [-0.39, 0.29) is 24.1 Å². The van der Waals surface area contributed by atoms with Gasteiger partial charge in [-0.2, -0.15) is 0 Å². The number of hydrogen-bond acceptors (Lipinski definition) is 5. The summed E-state index contributed by atoms with van der Waals surface area (Å²) in [5, 5.41) is 6.53. The van der Waals surface area contributed by atoms with E-state index in [0.717, 1.165) is 37.5 Å². The molecule has 2 aliphatic rings. The summed E-state index contributed by atoms with van der Waals surface area (Å²) in [6, 6.07) is 14.3. The summed E-state index contributed by atoms with van der Waals surface area (Å²) < 4.78 is 18.4. The monoisotopic (exact) mass is 384 g/mol. The number of rotatable bonds is 4. The highest BCUT2D eigenvalue weighted by molar-refractivity contribution is 5.78. The van der Waals surface area contributed by atoms with Gasteiger partial charge in [0.05, 0.1) is 7.11 Å². The second-order valence-corrected chi connectivity index (χ2v) is 7.17. The standard InChI is InChI=1S/C21H25FN4O2/c1-28-18-8-6-17(7-9-18)25-10-12-26(13-11-25)21-23-19(14-20(27)24-21)15-2-4-16(22)5-3-15/h2-9,19,21,23H,10-14H2,1H3,(H,24,27). The van der Waals surface area contributed by atoms with Crippen LogP contribution in [0.25, 0.3) is 0 Å². The second kappa shape index (κ2) is 8.16. The summed E-state index contributed by atoms with van der Waals surface area (Å²) >= 11 is 0. The van der Waals surface area contributed by atoms with Crippen molar-refractivity contribution in [3.8, 4) is 5.75 Å². The first-order valence-corrected chi connectivity index (χ1v) is 9.56. The summed E-state index contributed by atoms with van der Waals surface area (Å²) in [6.45, 7) is 3.42. The Hall–Kier alpha value is -2.64. The topological polar surface area (TPSA) is 56.8 Å². The van der Waals surface area contributed by atoms with E-state index < -0.39 is 0 Å². The van der Waals surface area contributed by atoms with Crippen molar-refractivity contribution in [2.24, 2.45) is 0 Å². The molecule has 2 aromatic carbocycles. The van der Waals surface area contributed by atoms with Crippen LogP contribution >= 0.6 is 0 Å². The zero-order chi connectivity index (χ0) is 19.5. The quantitative estimate of drug-likeness (QED) is 0.846. The van der Waals surface area contributed by atoms with Crippen molar-refractivity contribution in [1.29, 1.82) is 0 Å². The molecule has 2 heterocycles. The lowest BCUT2D eigenvalue weighted by Gasteiger charge is -2.43. The smallest absolute Gasteiger partial charge is 0.224 e. The molecule has 2 aliphatic heterocycles. The van der Waals surface area contributed by atoms with Crippen LogP contribution in [0.2, 0.25) is 0 Å². The van der Waals surface area contributed by atoms with E-state index in [1.165, 1.54) is 17.8 Å². The van der Waals surface area contributed by atoms with Crippen LogP contribution in [-0.4, -0.2) is 50.4 Å². The van der Waals surface area contributed by atoms with Gasteiger partial charge in [0, 0.05) is 44.3 Å². The lowest BCUT2D eigenvalue weighted by atomic mass is 10.0. The predicted octanol–water partition coefficient (Wildman–Crippen LogP) is 2.09. The third-order valence-corrected chi connectivity index (χ3v) is 5.44. The van der Waals surface area contributed by atoms with E-state index in [1.54, 1.807) is 19.2 Å². The molecule has 2 N–H and O–H groups in total. The third-order valence-electron chi connectivity index (χ3n) is 5.44. The second-order valence-electron chi connectivity index (χ2n) is 7.17. The molecular formula is C21H25FN4O2. The SMILES string of the molecule is COc1ccc(N2CCN(C3NC(=O)CC(c4ccc(F)cc4)N3)CC2)cc1. The minimum atomic E-state index is -0.268. The number of methoxy groups -OCH3 is 1. The molecule has 0 radical (unpaired) electrons. The minimum Gasteiger partial charge on any atom is -0.497 e. The molecule has 2 atom stereocenters. The van der Waals surface area contributed by atoms with Gasteiger partial charge in [-0.05, 0) is 42.0 Å². The van der Waals surface area contributed by atoms with Crippen molar-refractivity contribution < 1.29 is 13.9 Å². The Bertz CT molecular complexity index is 804. The van der Waals surface area contributed by atoms with Gasteiger partial charge in [0.2, 0.25) is 5.91 Å². The van der Waals surface area contributed by atoms with E-state index in [1.807, 2.05) is 12.1 Å². The molecule has 4 rings (SSSR count). The molecular weight excluding hydrogens is 359 g/mol. The van der Waals surface area contributed by atoms with Crippen molar-refractivity contribution in [2.45, 2.75) is 18.8 Å². The molecule has 2 unspecified atom stereocenters. The number of nitrogens with zero attached hydrogens (tertiary/aromatic N) is 2. The number of carbonyl (C=O) groups excluding carboxylic acids is 1. The maximum atomic E-state index is 13.2. The number of nitrogens with one attached hydrogen (secondary N) is 2. The summed E-state index contributed by atoms with van der Waals surface area (Å²) in [5.74, 6) is 0.592. The molecule has 2 fully saturated rings. The summed E-state index contributed by atoms with van der Waals surface area (Å²) in [6.07, 6.45) is 0.142. The number of halogens is 1. The van der Waals surface area contributed by atoms with E-state index >= 15 is 0 Å². The Kier molecular flexibility index (Phi) is 5.45. The largest absolute Gasteiger partial charge is 0.497 e. The van der Waals surface area contributed by atoms with Crippen molar-refractivity contribution in [3.05, 3.63) is 59.9 Å². The van der Waals surface area contributed by atoms with E-state index in [4.69, 9.17) is 4.74 Å². The van der Waals surface area contributed by atoms with E-state index in [2.05, 4.69) is 32.6 Å². The van der Waals surface area contributed by atoms with Crippen LogP contribution in [0, 0.1) is 5.82 Å². The fourth-order valence-corrected chi connectivity index (χ4v) is 3.83. The number of ether oxygens (including phenoxy) is 1. The summed E-state index contributed by atoms with van der Waals surface area (Å²) in [4.78, 5) is 16.8. The fourth-order valence-electron chi connectivity index (χ4n) is 3.83. The van der Waals surface area contributed by atoms with Gasteiger partial charge in [-0.15, -0.1) is 0 Å². The average molecular weight is 384 g/mol. The Labute approximate surface area is 164 Å². The van der Waals surface area contributed by atoms with Gasteiger partial charge in [-0.3, -0.25) is 15.0 Å². The molecule has 28 heavy (non-hydrogen) atoms. The number of amides is 1. The highest BCUT2D eigenvalue weighted by Gasteiger charge is 2.32. The highest BCUT2D eigenvalue weighted by atomic mass is 19.1. The molecule has 0 bridgehead atoms. The molecule has 0 saturated carbocycles. The molecule has 148 valence electrons. The first kappa shape index (κ1) is 18.7. The third kappa shape index (κ3) is 4.10. The zero-order valence-electron chi connectivity index (χ0n) is 15.9. The van der Waals surface area contributed by atoms with Crippen LogP contribution in [0.3, 0.4) is 0 Å². The Balaban J connectivity index is 1.37. The Morgan fingerprint density at radius 2 is 1.68 bits per heavy atom. The van der Waals surface area contributed by atoms with Gasteiger partial charge >= 0.3 is 0 Å². The average Bonchev–Trinajstić information content (AvgIpc) is 2.74. The zero-order valence-corrected chi connectivity index (χ0v) is 15.9. The first-order valence-electron chi connectivity index (χ1n) is 9.56. The Morgan fingerprint density at radius 1 is 1.00 bits per heavy atom. The van der Waals surface area contributed by atoms with Crippen LogP contribution in [0.1, 0.15) is 18.0 Å². The van der Waals surface area contributed by atoms with Crippen molar-refractivity contribution in [2.75, 3.05) is 38.2 Å². The maximum Gasteiger partial charge on any atom is 0.224 e. The molecule has 0 spiro atoms. The van der Waals surface area contributed by atoms with Crippen LogP contribution in [0.15, 0.2) is 48.5 Å². The van der Waals surface area contributed by atoms with Gasteiger partial charge in [0.15, 0.2) is 0 Å². The van der Waals surface area contributed by atoms with E-state index in [0.29, 0.717) is 6.42 Å². The molecule has 0 aromatic heterocycles. The van der Waals surface area contributed by atoms with Crippen molar-refractivity contribution >= 4 is 11.6 Å². The van der Waals surface area contributed by atoms with Gasteiger partial charge in [0.1, 0.15) is 17.9 Å². The molecule has 1 amide bonds. The van der Waals surface area contributed by atoms with Crippen molar-refractivity contribution in [1.82, 2.24) is 15.5 Å². The predicted molar refractivity (Wildman–Crippen MR) is 106 cm³/mol. The number of piperazine rings is 1. The van der Waals surface area contributed by atoms with Crippen LogP contribution in [0.4, 0.5) is 10.1 Å². The number of carbonyl (C=O) groups is 1. The molecule has 7 heteroatoms. The normalized spacial score (nSPS) is 23.4. The van der Waals surface area contributed by atoms with Crippen LogP contribution < -0.4 is 20.3 Å². The van der Waals surface area contributed by atoms with E-state index in [9.17, 15) is 9.18 Å². The molecule has 6 nitrogen and oxygen atoms in total. The van der Waals surface area contributed by atoms with Gasteiger partial charge < -0.3 is 15.0 Å². The number of benzene rings is 2.